The molecule has 0 aromatic rings. The molecule has 3 nitrogen and oxygen atoms in total. The molecule has 0 bridgehead atoms. The van der Waals surface area contributed by atoms with E-state index in [0.717, 1.165) is 24.3 Å². The highest BCUT2D eigenvalue weighted by Crippen LogP contribution is 2.14. The van der Waals surface area contributed by atoms with Crippen LogP contribution in [-0.2, 0) is 10.0 Å². The lowest BCUT2D eigenvalue weighted by molar-refractivity contribution is 0.531. The Balaban J connectivity index is 3.24. The fourth-order valence-corrected chi connectivity index (χ4v) is 6.75. The Morgan fingerprint density at radius 1 is 0.457 bits per heavy atom. The summed E-state index contributed by atoms with van der Waals surface area (Å²) in [5, 5.41) is 0. The summed E-state index contributed by atoms with van der Waals surface area (Å²) in [6, 6.07) is 0. The highest BCUT2D eigenvalue weighted by molar-refractivity contribution is 7.99. The number of hydrogen-bond donors (Lipinski definition) is 1. The van der Waals surface area contributed by atoms with Crippen molar-refractivity contribution in [1.82, 2.24) is 4.72 Å². The first-order valence-corrected chi connectivity index (χ1v) is 18.5. The number of rotatable bonds is 30. The predicted molar refractivity (Wildman–Crippen MR) is 161 cm³/mol. The Labute approximate surface area is 226 Å². The SMILES string of the molecule is CCCCCCCCCCCCCCCCCCSCCNS(=O)(=O)CCCCCCCCCC. The summed E-state index contributed by atoms with van der Waals surface area (Å²) in [6.45, 7) is 5.11. The fraction of sp³-hybridized carbons (Fsp3) is 1.00. The van der Waals surface area contributed by atoms with E-state index < -0.39 is 10.0 Å². The third kappa shape index (κ3) is 30.4. The zero-order valence-electron chi connectivity index (χ0n) is 23.9. The minimum absolute atomic E-state index is 0.297. The molecular weight excluding hydrogens is 470 g/mol. The molecular formula is C30H63NO2S2. The largest absolute Gasteiger partial charge is 0.214 e. The van der Waals surface area contributed by atoms with Gasteiger partial charge in [0.25, 0.3) is 0 Å². The van der Waals surface area contributed by atoms with Crippen LogP contribution in [0.25, 0.3) is 0 Å². The Kier molecular flexibility index (Phi) is 29.0. The molecule has 0 aromatic heterocycles. The quantitative estimate of drug-likeness (QED) is 0.0934. The Hall–Kier alpha value is 0.260. The van der Waals surface area contributed by atoms with Crippen molar-refractivity contribution in [2.75, 3.05) is 23.8 Å². The predicted octanol–water partition coefficient (Wildman–Crippen LogP) is 10.0. The molecule has 0 rings (SSSR count). The molecule has 0 aliphatic rings. The van der Waals surface area contributed by atoms with Gasteiger partial charge in [0.1, 0.15) is 0 Å². The van der Waals surface area contributed by atoms with Crippen molar-refractivity contribution >= 4 is 21.8 Å². The van der Waals surface area contributed by atoms with Gasteiger partial charge in [0.2, 0.25) is 10.0 Å². The van der Waals surface area contributed by atoms with Crippen LogP contribution in [0.5, 0.6) is 0 Å². The molecule has 212 valence electrons. The van der Waals surface area contributed by atoms with Crippen molar-refractivity contribution in [2.24, 2.45) is 0 Å². The normalized spacial score (nSPS) is 11.9. The number of sulfonamides is 1. The zero-order valence-corrected chi connectivity index (χ0v) is 25.6. The van der Waals surface area contributed by atoms with Crippen LogP contribution >= 0.6 is 11.8 Å². The van der Waals surface area contributed by atoms with Gasteiger partial charge in [-0.15, -0.1) is 0 Å². The van der Waals surface area contributed by atoms with E-state index in [1.807, 2.05) is 11.8 Å². The summed E-state index contributed by atoms with van der Waals surface area (Å²) in [5.74, 6) is 2.36. The van der Waals surface area contributed by atoms with Gasteiger partial charge in [-0.05, 0) is 18.6 Å². The molecule has 35 heavy (non-hydrogen) atoms. The third-order valence-electron chi connectivity index (χ3n) is 6.98. The number of unbranched alkanes of at least 4 members (excludes halogenated alkanes) is 22. The van der Waals surface area contributed by atoms with Crippen LogP contribution in [0.15, 0.2) is 0 Å². The summed E-state index contributed by atoms with van der Waals surface area (Å²) in [7, 11) is -3.07. The van der Waals surface area contributed by atoms with Gasteiger partial charge in [0.15, 0.2) is 0 Å². The molecule has 0 saturated carbocycles. The molecule has 0 spiro atoms. The molecule has 1 N–H and O–H groups in total. The summed E-state index contributed by atoms with van der Waals surface area (Å²) in [4.78, 5) is 0. The monoisotopic (exact) mass is 533 g/mol. The van der Waals surface area contributed by atoms with Gasteiger partial charge < -0.3 is 0 Å². The van der Waals surface area contributed by atoms with Crippen LogP contribution in [0, 0.1) is 0 Å². The van der Waals surface area contributed by atoms with E-state index in [9.17, 15) is 8.42 Å². The van der Waals surface area contributed by atoms with Crippen LogP contribution in [0.3, 0.4) is 0 Å². The van der Waals surface area contributed by atoms with Crippen LogP contribution in [0.2, 0.25) is 0 Å². The topological polar surface area (TPSA) is 46.2 Å². The molecule has 5 heteroatoms. The van der Waals surface area contributed by atoms with E-state index in [-0.39, 0.29) is 0 Å². The van der Waals surface area contributed by atoms with Crippen molar-refractivity contribution in [2.45, 2.75) is 168 Å². The van der Waals surface area contributed by atoms with Gasteiger partial charge in [-0.1, -0.05) is 155 Å². The van der Waals surface area contributed by atoms with Gasteiger partial charge in [-0.2, -0.15) is 11.8 Å². The Bertz CT molecular complexity index is 497. The molecule has 0 aliphatic carbocycles. The average molecular weight is 534 g/mol. The molecule has 0 aromatic carbocycles. The highest BCUT2D eigenvalue weighted by atomic mass is 32.2. The van der Waals surface area contributed by atoms with Crippen molar-refractivity contribution in [3.05, 3.63) is 0 Å². The first-order valence-electron chi connectivity index (χ1n) is 15.7. The maximum atomic E-state index is 12.1. The molecule has 0 radical (unpaired) electrons. The van der Waals surface area contributed by atoms with Crippen LogP contribution in [-0.4, -0.2) is 32.2 Å². The molecule has 0 unspecified atom stereocenters. The zero-order chi connectivity index (χ0) is 25.7. The second kappa shape index (κ2) is 28.8. The number of hydrogen-bond acceptors (Lipinski definition) is 3. The van der Waals surface area contributed by atoms with Crippen molar-refractivity contribution in [3.63, 3.8) is 0 Å². The van der Waals surface area contributed by atoms with E-state index in [0.29, 0.717) is 12.3 Å². The Morgan fingerprint density at radius 3 is 1.20 bits per heavy atom. The molecule has 0 heterocycles. The van der Waals surface area contributed by atoms with E-state index in [2.05, 4.69) is 18.6 Å². The minimum atomic E-state index is -3.07. The van der Waals surface area contributed by atoms with Crippen molar-refractivity contribution < 1.29 is 8.42 Å². The molecule has 0 saturated heterocycles. The molecule has 0 aliphatic heterocycles. The average Bonchev–Trinajstić information content (AvgIpc) is 2.84. The number of nitrogens with one attached hydrogen (secondary N) is 1. The van der Waals surface area contributed by atoms with Gasteiger partial charge in [0.05, 0.1) is 5.75 Å². The second-order valence-corrected chi connectivity index (χ2v) is 13.8. The lowest BCUT2D eigenvalue weighted by atomic mass is 10.0. The minimum Gasteiger partial charge on any atom is -0.214 e. The molecule has 0 amide bonds. The van der Waals surface area contributed by atoms with Crippen LogP contribution < -0.4 is 4.72 Å². The van der Waals surface area contributed by atoms with Gasteiger partial charge in [-0.3, -0.25) is 0 Å². The third-order valence-corrected chi connectivity index (χ3v) is 9.52. The Morgan fingerprint density at radius 2 is 0.800 bits per heavy atom. The first kappa shape index (κ1) is 35.3. The summed E-state index contributed by atoms with van der Waals surface area (Å²) >= 11 is 1.89. The smallest absolute Gasteiger partial charge is 0.211 e. The maximum absolute atomic E-state index is 12.1. The number of thioether (sulfide) groups is 1. The summed E-state index contributed by atoms with van der Waals surface area (Å²) < 4.78 is 26.9. The van der Waals surface area contributed by atoms with Gasteiger partial charge >= 0.3 is 0 Å². The standard InChI is InChI=1S/C30H63NO2S2/c1-3-5-7-9-11-13-14-15-16-17-18-19-20-21-23-25-28-34-29-27-31-35(32,33)30-26-24-22-12-10-8-6-4-2/h31H,3-30H2,1-2H3. The van der Waals surface area contributed by atoms with Crippen LogP contribution in [0.4, 0.5) is 0 Å². The van der Waals surface area contributed by atoms with Crippen molar-refractivity contribution in [1.29, 1.82) is 0 Å². The summed E-state index contributed by atoms with van der Waals surface area (Å²) in [5.41, 5.74) is 0. The second-order valence-electron chi connectivity index (χ2n) is 10.6. The summed E-state index contributed by atoms with van der Waals surface area (Å²) in [6.07, 6.45) is 32.0. The first-order chi connectivity index (χ1) is 17.1. The highest BCUT2D eigenvalue weighted by Gasteiger charge is 2.08. The van der Waals surface area contributed by atoms with Gasteiger partial charge in [0, 0.05) is 12.3 Å². The molecule has 0 fully saturated rings. The van der Waals surface area contributed by atoms with Crippen LogP contribution in [0.1, 0.15) is 168 Å². The lowest BCUT2D eigenvalue weighted by Crippen LogP contribution is -2.28. The lowest BCUT2D eigenvalue weighted by Gasteiger charge is -2.07. The van der Waals surface area contributed by atoms with E-state index in [4.69, 9.17) is 0 Å². The fourth-order valence-electron chi connectivity index (χ4n) is 4.62. The van der Waals surface area contributed by atoms with E-state index in [1.54, 1.807) is 0 Å². The maximum Gasteiger partial charge on any atom is 0.211 e. The molecule has 0 atom stereocenters. The van der Waals surface area contributed by atoms with Gasteiger partial charge in [-0.25, -0.2) is 13.1 Å². The van der Waals surface area contributed by atoms with E-state index >= 15 is 0 Å². The van der Waals surface area contributed by atoms with Crippen molar-refractivity contribution in [3.8, 4) is 0 Å². The van der Waals surface area contributed by atoms with E-state index in [1.165, 1.54) is 141 Å².